The van der Waals surface area contributed by atoms with Crippen LogP contribution in [0, 0.1) is 5.41 Å². The second kappa shape index (κ2) is 11.0. The molecule has 0 aliphatic heterocycles. The van der Waals surface area contributed by atoms with E-state index >= 15 is 0 Å². The third kappa shape index (κ3) is 14.3. The molecular formula is C27H49NO2. The molecule has 0 atom stereocenters. The van der Waals surface area contributed by atoms with Gasteiger partial charge in [-0.2, -0.15) is 0 Å². The van der Waals surface area contributed by atoms with Crippen molar-refractivity contribution in [2.24, 2.45) is 5.41 Å². The van der Waals surface area contributed by atoms with E-state index in [0.717, 1.165) is 5.69 Å². The number of carbonyl (C=O) groups excluding carboxylic acids is 1. The molecule has 0 heterocycles. The van der Waals surface area contributed by atoms with E-state index in [1.165, 1.54) is 12.5 Å². The maximum atomic E-state index is 11.3. The lowest BCUT2D eigenvalue weighted by atomic mass is 9.85. The fourth-order valence-corrected chi connectivity index (χ4v) is 2.49. The summed E-state index contributed by atoms with van der Waals surface area (Å²) < 4.78 is 13.8. The Labute approximate surface area is 189 Å². The zero-order valence-corrected chi connectivity index (χ0v) is 21.2. The number of benzene rings is 1. The number of rotatable bonds is 3. The van der Waals surface area contributed by atoms with Crippen LogP contribution in [-0.4, -0.2) is 16.9 Å². The molecule has 0 aliphatic carbocycles. The van der Waals surface area contributed by atoms with E-state index < -0.39 is 0 Å². The zero-order chi connectivity index (χ0) is 24.1. The predicted molar refractivity (Wildman–Crippen MR) is 134 cm³/mol. The topological polar surface area (TPSA) is 38.3 Å². The van der Waals surface area contributed by atoms with Crippen molar-refractivity contribution in [3.05, 3.63) is 41.7 Å². The van der Waals surface area contributed by atoms with Gasteiger partial charge in [-0.3, -0.25) is 4.79 Å². The lowest BCUT2D eigenvalue weighted by Crippen LogP contribution is -2.28. The fourth-order valence-electron chi connectivity index (χ4n) is 2.49. The fraction of sp³-hybridized carbons (Fsp3) is 0.667. The van der Waals surface area contributed by atoms with Crippen molar-refractivity contribution in [2.45, 2.75) is 114 Å². The molecule has 0 radical (unpaired) electrons. The lowest BCUT2D eigenvalue weighted by molar-refractivity contribution is -0.119. The highest BCUT2D eigenvalue weighted by Gasteiger charge is 2.20. The van der Waals surface area contributed by atoms with Crippen LogP contribution < -0.4 is 5.31 Å². The van der Waals surface area contributed by atoms with Gasteiger partial charge in [-0.1, -0.05) is 67.2 Å². The van der Waals surface area contributed by atoms with Crippen LogP contribution in [0.1, 0.15) is 103 Å². The molecule has 1 rings (SSSR count). The highest BCUT2D eigenvalue weighted by atomic mass is 16.5. The van der Waals surface area contributed by atoms with Crippen molar-refractivity contribution >= 4 is 11.5 Å². The molecule has 1 N–H and O–H groups in total. The van der Waals surface area contributed by atoms with E-state index in [0.29, 0.717) is 5.76 Å². The standard InChI is InChI=1S/C14H23N.C12H22O2.CH4/c1-13(2,3)11-9-7-8-10-12(11)15-14(4,5)6;1-9(13)10(8-11(2,3)4)14-12(5,6)7;/h7-10,15H,1-6H3;8H,1-7H3;1H4/b;10-8-;/i/hD. The second-order valence-corrected chi connectivity index (χ2v) is 11.7. The molecule has 3 heteroatoms. The van der Waals surface area contributed by atoms with Gasteiger partial charge in [-0.05, 0) is 70.1 Å². The highest BCUT2D eigenvalue weighted by Crippen LogP contribution is 2.30. The van der Waals surface area contributed by atoms with Gasteiger partial charge in [-0.25, -0.2) is 0 Å². The van der Waals surface area contributed by atoms with Crippen molar-refractivity contribution < 1.29 is 10.9 Å². The summed E-state index contributed by atoms with van der Waals surface area (Å²) in [5, 5.41) is 1.60. The summed E-state index contributed by atoms with van der Waals surface area (Å²) in [5.74, 6) is 0.444. The van der Waals surface area contributed by atoms with Crippen molar-refractivity contribution in [2.75, 3.05) is 5.31 Å². The van der Waals surface area contributed by atoms with E-state index in [2.05, 4.69) is 47.6 Å². The molecule has 1 aromatic carbocycles. The Morgan fingerprint density at radius 3 is 1.73 bits per heavy atom. The molecule has 0 saturated carbocycles. The van der Waals surface area contributed by atoms with Gasteiger partial charge in [-0.15, -0.1) is 0 Å². The van der Waals surface area contributed by atoms with Crippen molar-refractivity contribution in [3.63, 3.8) is 0 Å². The van der Waals surface area contributed by atoms with Gasteiger partial charge >= 0.3 is 0 Å². The largest absolute Gasteiger partial charge is 0.485 e. The molecule has 0 amide bonds. The molecule has 0 unspecified atom stereocenters. The minimum atomic E-state index is -0.317. The third-order valence-electron chi connectivity index (χ3n) is 3.50. The van der Waals surface area contributed by atoms with Crippen molar-refractivity contribution in [1.29, 1.82) is 0 Å². The number of para-hydroxylation sites is 1. The van der Waals surface area contributed by atoms with Gasteiger partial charge in [0.15, 0.2) is 13.0 Å². The summed E-state index contributed by atoms with van der Waals surface area (Å²) in [6, 6.07) is 8.18. The van der Waals surface area contributed by atoms with Crippen LogP contribution in [0.25, 0.3) is 0 Å². The van der Waals surface area contributed by atoms with Gasteiger partial charge in [0.2, 0.25) is 0 Å². The van der Waals surface area contributed by atoms with Crippen molar-refractivity contribution in [1.82, 2.24) is 0 Å². The predicted octanol–water partition coefficient (Wildman–Crippen LogP) is 8.15. The van der Waals surface area contributed by atoms with E-state index in [4.69, 9.17) is 6.15 Å². The normalized spacial score (nSPS) is 13.4. The van der Waals surface area contributed by atoms with Crippen LogP contribution in [0.2, 0.25) is 1.41 Å². The van der Waals surface area contributed by atoms with Gasteiger partial charge < -0.3 is 10.0 Å². The minimum Gasteiger partial charge on any atom is -0.485 e. The van der Waals surface area contributed by atoms with Gasteiger partial charge in [0, 0.05) is 18.2 Å². The first kappa shape index (κ1) is 28.2. The first-order valence-electron chi connectivity index (χ1n) is 10.9. The summed E-state index contributed by atoms with van der Waals surface area (Å²) in [5.41, 5.74) is 1.76. The molecule has 0 aliphatic rings. The number of Topliss-reactive ketones (excluding diaryl/α,β-unsaturated/α-hetero) is 1. The molecule has 174 valence electrons. The summed E-state index contributed by atoms with van der Waals surface area (Å²) >= 11 is 0. The zero-order valence-electron chi connectivity index (χ0n) is 22.2. The number of ether oxygens (including phenoxy) is 1. The molecule has 0 aromatic heterocycles. The Kier molecular flexibility index (Phi) is 10.4. The van der Waals surface area contributed by atoms with Crippen LogP contribution in [0.15, 0.2) is 36.1 Å². The van der Waals surface area contributed by atoms with Gasteiger partial charge in [0.1, 0.15) is 5.60 Å². The van der Waals surface area contributed by atoms with E-state index in [1.807, 2.05) is 65.8 Å². The van der Waals surface area contributed by atoms with Crippen molar-refractivity contribution in [3.8, 4) is 0 Å². The number of anilines is 1. The smallest absolute Gasteiger partial charge is 0.194 e. The molecule has 0 saturated heterocycles. The first-order valence-corrected chi connectivity index (χ1v) is 10.5. The monoisotopic (exact) mass is 420 g/mol. The van der Waals surface area contributed by atoms with Crippen LogP contribution >= 0.6 is 0 Å². The molecule has 0 bridgehead atoms. The number of carbonyl (C=O) groups is 1. The molecule has 30 heavy (non-hydrogen) atoms. The number of nitrogens with one attached hydrogen (secondary N) is 1. The summed E-state index contributed by atoms with van der Waals surface area (Å²) in [4.78, 5) is 11.3. The highest BCUT2D eigenvalue weighted by molar-refractivity contribution is 5.91. The number of ketones is 1. The molecule has 0 spiro atoms. The second-order valence-electron chi connectivity index (χ2n) is 11.7. The Morgan fingerprint density at radius 1 is 0.933 bits per heavy atom. The third-order valence-corrected chi connectivity index (χ3v) is 3.50. The summed E-state index contributed by atoms with van der Waals surface area (Å²) in [7, 11) is 0. The number of hydrogen-bond acceptors (Lipinski definition) is 3. The molecular weight excluding hydrogens is 370 g/mol. The van der Waals surface area contributed by atoms with Crippen LogP contribution in [0.3, 0.4) is 0 Å². The Hall–Kier alpha value is -1.77. The average Bonchev–Trinajstić information content (AvgIpc) is 2.49. The first-order chi connectivity index (χ1) is 13.1. The Morgan fingerprint density at radius 2 is 1.40 bits per heavy atom. The minimum absolute atomic E-state index is 0. The van der Waals surface area contributed by atoms with Crippen LogP contribution in [0.5, 0.6) is 0 Å². The van der Waals surface area contributed by atoms with Crippen LogP contribution in [0.4, 0.5) is 5.69 Å². The molecule has 3 nitrogen and oxygen atoms in total. The van der Waals surface area contributed by atoms with Gasteiger partial charge in [0.05, 0.1) is 0 Å². The summed E-state index contributed by atoms with van der Waals surface area (Å²) in [6.45, 7) is 26.2. The number of allylic oxidation sites excluding steroid dienone is 2. The van der Waals surface area contributed by atoms with E-state index in [9.17, 15) is 4.79 Å². The number of hydrogen-bond donors (Lipinski definition) is 1. The Bertz CT molecular complexity index is 723. The van der Waals surface area contributed by atoms with Crippen LogP contribution in [-0.2, 0) is 14.9 Å². The van der Waals surface area contributed by atoms with E-state index in [-0.39, 0.29) is 35.2 Å². The van der Waals surface area contributed by atoms with Gasteiger partial charge in [0.25, 0.3) is 0 Å². The summed E-state index contributed by atoms with van der Waals surface area (Å²) in [6.07, 6.45) is 1.88. The van der Waals surface area contributed by atoms with E-state index in [1.54, 1.807) is 5.31 Å². The maximum Gasteiger partial charge on any atom is 0.194 e. The molecule has 0 fully saturated rings. The maximum absolute atomic E-state index is 11.3. The Balaban J connectivity index is 0. The average molecular weight is 421 g/mol. The molecule has 1 aromatic rings. The quantitative estimate of drug-likeness (QED) is 0.396. The SMILES string of the molecule is C.CC(=O)/C(=C/C(C)(C)C)OC(C)(C)C.[2H]N(c1ccccc1C(C)(C)C)C(C)(C)C. The lowest BCUT2D eigenvalue weighted by Gasteiger charge is -2.28.